The van der Waals surface area contributed by atoms with E-state index in [4.69, 9.17) is 16.3 Å². The summed E-state index contributed by atoms with van der Waals surface area (Å²) in [7, 11) is 0. The number of benzene rings is 2. The maximum atomic E-state index is 12.6. The second-order valence-corrected chi connectivity index (χ2v) is 7.16. The van der Waals surface area contributed by atoms with Crippen molar-refractivity contribution in [2.75, 3.05) is 6.61 Å². The Labute approximate surface area is 137 Å². The first-order chi connectivity index (χ1) is 9.88. The van der Waals surface area contributed by atoms with Crippen molar-refractivity contribution in [3.8, 4) is 5.75 Å². The minimum Gasteiger partial charge on any atom is -0.492 e. The Morgan fingerprint density at radius 1 is 1.24 bits per heavy atom. The van der Waals surface area contributed by atoms with Crippen molar-refractivity contribution in [2.45, 2.75) is 19.3 Å². The standard InChI is InChI=1S/C17H14BrClO2/c1-17(2)9-21-15-6-3-10(7-13(15)17)16(20)12-5-4-11(18)8-14(12)19/h3-8H,9H2,1-2H3. The van der Waals surface area contributed by atoms with Crippen molar-refractivity contribution < 1.29 is 9.53 Å². The fraction of sp³-hybridized carbons (Fsp3) is 0.235. The Morgan fingerprint density at radius 3 is 2.71 bits per heavy atom. The molecule has 1 heterocycles. The topological polar surface area (TPSA) is 26.3 Å². The maximum absolute atomic E-state index is 12.6. The van der Waals surface area contributed by atoms with Crippen LogP contribution in [0.25, 0.3) is 0 Å². The predicted octanol–water partition coefficient (Wildman–Crippen LogP) is 5.00. The van der Waals surface area contributed by atoms with Gasteiger partial charge in [-0.3, -0.25) is 4.79 Å². The van der Waals surface area contributed by atoms with Crippen LogP contribution in [-0.4, -0.2) is 12.4 Å². The minimum absolute atomic E-state index is 0.0713. The van der Waals surface area contributed by atoms with Crippen LogP contribution >= 0.6 is 27.5 Å². The van der Waals surface area contributed by atoms with Crippen LogP contribution in [0.1, 0.15) is 35.3 Å². The van der Waals surface area contributed by atoms with Crippen LogP contribution < -0.4 is 4.74 Å². The first kappa shape index (κ1) is 14.6. The molecular weight excluding hydrogens is 352 g/mol. The van der Waals surface area contributed by atoms with Gasteiger partial charge in [0.2, 0.25) is 0 Å². The van der Waals surface area contributed by atoms with E-state index in [0.29, 0.717) is 22.8 Å². The summed E-state index contributed by atoms with van der Waals surface area (Å²) in [5.74, 6) is 0.788. The molecule has 3 rings (SSSR count). The molecule has 0 spiro atoms. The second-order valence-electron chi connectivity index (χ2n) is 5.84. The zero-order valence-corrected chi connectivity index (χ0v) is 14.1. The highest BCUT2D eigenvalue weighted by Crippen LogP contribution is 2.39. The SMILES string of the molecule is CC1(C)COc2ccc(C(=O)c3ccc(Br)cc3Cl)cc21. The number of carbonyl (C=O) groups is 1. The van der Waals surface area contributed by atoms with Crippen molar-refractivity contribution in [1.29, 1.82) is 0 Å². The molecule has 0 radical (unpaired) electrons. The summed E-state index contributed by atoms with van der Waals surface area (Å²) in [6.07, 6.45) is 0. The lowest BCUT2D eigenvalue weighted by molar-refractivity contribution is 0.103. The lowest BCUT2D eigenvalue weighted by Crippen LogP contribution is -2.18. The number of carbonyl (C=O) groups excluding carboxylic acids is 1. The van der Waals surface area contributed by atoms with Crippen molar-refractivity contribution >= 4 is 33.3 Å². The van der Waals surface area contributed by atoms with Gasteiger partial charge in [-0.1, -0.05) is 41.4 Å². The average molecular weight is 366 g/mol. The molecule has 0 amide bonds. The number of hydrogen-bond acceptors (Lipinski definition) is 2. The van der Waals surface area contributed by atoms with Crippen molar-refractivity contribution in [3.05, 3.63) is 62.6 Å². The Kier molecular flexibility index (Phi) is 3.58. The highest BCUT2D eigenvalue weighted by Gasteiger charge is 2.32. The van der Waals surface area contributed by atoms with Gasteiger partial charge in [0.25, 0.3) is 0 Å². The van der Waals surface area contributed by atoms with E-state index in [9.17, 15) is 4.79 Å². The number of ether oxygens (including phenoxy) is 1. The molecule has 21 heavy (non-hydrogen) atoms. The van der Waals surface area contributed by atoms with Gasteiger partial charge in [-0.15, -0.1) is 0 Å². The third kappa shape index (κ3) is 2.60. The number of fused-ring (bicyclic) bond motifs is 1. The molecule has 1 aliphatic heterocycles. The monoisotopic (exact) mass is 364 g/mol. The van der Waals surface area contributed by atoms with Gasteiger partial charge in [0, 0.05) is 26.6 Å². The molecular formula is C17H14BrClO2. The predicted molar refractivity (Wildman–Crippen MR) is 87.5 cm³/mol. The first-order valence-corrected chi connectivity index (χ1v) is 7.83. The summed E-state index contributed by atoms with van der Waals surface area (Å²) in [5, 5.41) is 0.449. The van der Waals surface area contributed by atoms with Crippen LogP contribution in [0.5, 0.6) is 5.75 Å². The van der Waals surface area contributed by atoms with Crippen LogP contribution in [0.4, 0.5) is 0 Å². The molecule has 0 aliphatic carbocycles. The Bertz CT molecular complexity index is 738. The van der Waals surface area contributed by atoms with E-state index in [2.05, 4.69) is 29.8 Å². The lowest BCUT2D eigenvalue weighted by Gasteiger charge is -2.15. The largest absolute Gasteiger partial charge is 0.492 e. The Balaban J connectivity index is 2.03. The molecule has 0 fully saturated rings. The first-order valence-electron chi connectivity index (χ1n) is 6.65. The van der Waals surface area contributed by atoms with Crippen LogP contribution in [0.3, 0.4) is 0 Å². The van der Waals surface area contributed by atoms with E-state index in [1.807, 2.05) is 18.2 Å². The highest BCUT2D eigenvalue weighted by atomic mass is 79.9. The van der Waals surface area contributed by atoms with Crippen molar-refractivity contribution in [2.24, 2.45) is 0 Å². The molecule has 0 saturated heterocycles. The van der Waals surface area contributed by atoms with Crippen LogP contribution in [-0.2, 0) is 5.41 Å². The van der Waals surface area contributed by atoms with Gasteiger partial charge in [-0.2, -0.15) is 0 Å². The molecule has 1 aliphatic rings. The summed E-state index contributed by atoms with van der Waals surface area (Å²) in [6, 6.07) is 10.9. The van der Waals surface area contributed by atoms with E-state index >= 15 is 0 Å². The fourth-order valence-corrected chi connectivity index (χ4v) is 3.25. The molecule has 0 atom stereocenters. The number of ketones is 1. The summed E-state index contributed by atoms with van der Waals surface area (Å²) in [5.41, 5.74) is 2.14. The second kappa shape index (κ2) is 5.15. The molecule has 4 heteroatoms. The third-order valence-electron chi connectivity index (χ3n) is 3.74. The number of hydrogen-bond donors (Lipinski definition) is 0. The summed E-state index contributed by atoms with van der Waals surface area (Å²) >= 11 is 9.52. The van der Waals surface area contributed by atoms with Gasteiger partial charge >= 0.3 is 0 Å². The molecule has 2 aromatic carbocycles. The van der Waals surface area contributed by atoms with Gasteiger partial charge in [0.15, 0.2) is 5.78 Å². The zero-order valence-electron chi connectivity index (χ0n) is 11.7. The van der Waals surface area contributed by atoms with E-state index in [0.717, 1.165) is 15.8 Å². The summed E-state index contributed by atoms with van der Waals surface area (Å²) in [4.78, 5) is 12.6. The van der Waals surface area contributed by atoms with E-state index in [1.165, 1.54) is 0 Å². The molecule has 0 saturated carbocycles. The molecule has 2 aromatic rings. The quantitative estimate of drug-likeness (QED) is 0.700. The van der Waals surface area contributed by atoms with Gasteiger partial charge in [0.1, 0.15) is 5.75 Å². The smallest absolute Gasteiger partial charge is 0.194 e. The molecule has 0 unspecified atom stereocenters. The van der Waals surface area contributed by atoms with Gasteiger partial charge in [0.05, 0.1) is 11.6 Å². The van der Waals surface area contributed by atoms with Crippen LogP contribution in [0.15, 0.2) is 40.9 Å². The number of rotatable bonds is 2. The number of halogens is 2. The van der Waals surface area contributed by atoms with Gasteiger partial charge < -0.3 is 4.74 Å². The average Bonchev–Trinajstić information content (AvgIpc) is 2.74. The minimum atomic E-state index is -0.0743. The van der Waals surface area contributed by atoms with Crippen LogP contribution in [0.2, 0.25) is 5.02 Å². The molecule has 0 aromatic heterocycles. The van der Waals surface area contributed by atoms with Gasteiger partial charge in [-0.25, -0.2) is 0 Å². The molecule has 0 N–H and O–H groups in total. The van der Waals surface area contributed by atoms with E-state index in [1.54, 1.807) is 18.2 Å². The summed E-state index contributed by atoms with van der Waals surface area (Å²) < 4.78 is 6.50. The fourth-order valence-electron chi connectivity index (χ4n) is 2.49. The zero-order chi connectivity index (χ0) is 15.2. The van der Waals surface area contributed by atoms with Gasteiger partial charge in [-0.05, 0) is 36.4 Å². The Morgan fingerprint density at radius 2 is 2.00 bits per heavy atom. The molecule has 0 bridgehead atoms. The van der Waals surface area contributed by atoms with Crippen molar-refractivity contribution in [3.63, 3.8) is 0 Å². The maximum Gasteiger partial charge on any atom is 0.194 e. The van der Waals surface area contributed by atoms with Crippen LogP contribution in [0, 0.1) is 0 Å². The molecule has 2 nitrogen and oxygen atoms in total. The van der Waals surface area contributed by atoms with Crippen molar-refractivity contribution in [1.82, 2.24) is 0 Å². The highest BCUT2D eigenvalue weighted by molar-refractivity contribution is 9.10. The normalized spacial score (nSPS) is 15.4. The van der Waals surface area contributed by atoms with E-state index in [-0.39, 0.29) is 11.2 Å². The van der Waals surface area contributed by atoms with E-state index < -0.39 is 0 Å². The molecule has 108 valence electrons. The Hall–Kier alpha value is -1.32. The lowest BCUT2D eigenvalue weighted by atomic mass is 9.85. The summed E-state index contributed by atoms with van der Waals surface area (Å²) in [6.45, 7) is 4.86. The third-order valence-corrected chi connectivity index (χ3v) is 4.54.